The van der Waals surface area contributed by atoms with Crippen molar-refractivity contribution >= 4 is 39.8 Å². The quantitative estimate of drug-likeness (QED) is 0.248. The third kappa shape index (κ3) is 7.81. The average molecular weight is 550 g/mol. The predicted octanol–water partition coefficient (Wildman–Crippen LogP) is 1.99. The highest BCUT2D eigenvalue weighted by atomic mass is 16.2. The van der Waals surface area contributed by atoms with Crippen molar-refractivity contribution in [1.29, 1.82) is 0 Å². The third-order valence-electron chi connectivity index (χ3n) is 7.41. The fourth-order valence-electron chi connectivity index (χ4n) is 5.40. The van der Waals surface area contributed by atoms with Crippen LogP contribution in [0, 0.1) is 5.41 Å². The molecule has 0 saturated heterocycles. The maximum Gasteiger partial charge on any atom is 0.243 e. The molecule has 41 heavy (non-hydrogen) atoms. The molecule has 4 N–H and O–H groups in total. The maximum atomic E-state index is 12.0. The van der Waals surface area contributed by atoms with Crippen LogP contribution in [0.1, 0.15) is 27.7 Å². The highest BCUT2D eigenvalue weighted by molar-refractivity contribution is 7.19. The number of quaternary nitrogens is 1. The van der Waals surface area contributed by atoms with Crippen LogP contribution in [0.2, 0.25) is 0 Å². The van der Waals surface area contributed by atoms with E-state index in [9.17, 15) is 9.59 Å². The van der Waals surface area contributed by atoms with Crippen LogP contribution in [0.3, 0.4) is 0 Å². The first-order valence-corrected chi connectivity index (χ1v) is 14.5. The minimum atomic E-state index is -1.22. The van der Waals surface area contributed by atoms with Gasteiger partial charge < -0.3 is 11.1 Å². The largest absolute Gasteiger partial charge is 0.345 e. The Morgan fingerprint density at radius 1 is 0.683 bits per heavy atom. The summed E-state index contributed by atoms with van der Waals surface area (Å²) < 4.78 is 0. The van der Waals surface area contributed by atoms with Gasteiger partial charge in [0.2, 0.25) is 11.8 Å². The van der Waals surface area contributed by atoms with Gasteiger partial charge in [-0.05, 0) is 6.92 Å². The Hall–Kier alpha value is -4.00. The minimum absolute atomic E-state index is 0.117. The second-order valence-electron chi connectivity index (χ2n) is 11.3. The molecule has 0 aliphatic carbocycles. The molecule has 0 spiro atoms. The summed E-state index contributed by atoms with van der Waals surface area (Å²) in [6.07, 6.45) is -1.22. The van der Waals surface area contributed by atoms with Crippen LogP contribution in [0.15, 0.2) is 121 Å². The van der Waals surface area contributed by atoms with Gasteiger partial charge in [-0.2, -0.15) is 21.9 Å². The van der Waals surface area contributed by atoms with Crippen molar-refractivity contribution in [2.45, 2.75) is 27.7 Å². The highest BCUT2D eigenvalue weighted by Crippen LogP contribution is 2.17. The van der Waals surface area contributed by atoms with E-state index in [2.05, 4.69) is 121 Å². The van der Waals surface area contributed by atoms with Gasteiger partial charge in [-0.3, -0.25) is 14.5 Å². The first-order valence-electron chi connectivity index (χ1n) is 14.5. The Bertz CT molecular complexity index is 1180. The Labute approximate surface area is 245 Å². The van der Waals surface area contributed by atoms with Gasteiger partial charge >= 0.3 is 0 Å². The zero-order chi connectivity index (χ0) is 29.7. The third-order valence-corrected chi connectivity index (χ3v) is 7.41. The van der Waals surface area contributed by atoms with Gasteiger partial charge in [0.05, 0.1) is 26.2 Å². The summed E-state index contributed by atoms with van der Waals surface area (Å²) >= 11 is 0. The lowest BCUT2D eigenvalue weighted by Gasteiger charge is -2.44. The van der Waals surface area contributed by atoms with Crippen LogP contribution < -0.4 is 32.9 Å². The topological polar surface area (TPSA) is 80.0 Å². The second kappa shape index (κ2) is 15.1. The lowest BCUT2D eigenvalue weighted by atomic mass is 9.13. The Balaban J connectivity index is 0.000000253. The highest BCUT2D eigenvalue weighted by Gasteiger charge is 2.32. The summed E-state index contributed by atoms with van der Waals surface area (Å²) in [6.45, 7) is 9.41. The summed E-state index contributed by atoms with van der Waals surface area (Å²) in [5, 5.41) is 2.05. The number of hydrogen-bond acceptors (Lipinski definition) is 3. The van der Waals surface area contributed by atoms with E-state index in [1.54, 1.807) is 20.8 Å². The lowest BCUT2D eigenvalue weighted by molar-refractivity contribution is -0.650. The molecule has 214 valence electrons. The van der Waals surface area contributed by atoms with Crippen molar-refractivity contribution in [3.63, 3.8) is 0 Å². The summed E-state index contributed by atoms with van der Waals surface area (Å²) in [7, 11) is 0. The molecule has 0 saturated carbocycles. The summed E-state index contributed by atoms with van der Waals surface area (Å²) in [5.74, 6) is -0.461. The summed E-state index contributed by atoms with van der Waals surface area (Å²) in [4.78, 5) is 24.8. The zero-order valence-electron chi connectivity index (χ0n) is 24.9. The molecule has 0 unspecified atom stereocenters. The molecule has 5 nitrogen and oxygen atoms in total. The Morgan fingerprint density at radius 3 is 1.29 bits per heavy atom. The molecule has 6 heteroatoms. The van der Waals surface area contributed by atoms with E-state index >= 15 is 0 Å². The Morgan fingerprint density at radius 2 is 1.02 bits per heavy atom. The molecular formula is C35H44BN3O2. The molecule has 0 aliphatic rings. The van der Waals surface area contributed by atoms with Crippen molar-refractivity contribution in [3.8, 4) is 0 Å². The molecule has 0 atom stereocenters. The van der Waals surface area contributed by atoms with Crippen LogP contribution in [0.5, 0.6) is 0 Å². The van der Waals surface area contributed by atoms with Gasteiger partial charge in [0, 0.05) is 5.41 Å². The molecular weight excluding hydrogens is 505 g/mol. The van der Waals surface area contributed by atoms with E-state index in [4.69, 9.17) is 5.73 Å². The number of nitrogens with zero attached hydrogens (tertiary/aromatic N) is 1. The number of imide groups is 1. The van der Waals surface area contributed by atoms with Crippen molar-refractivity contribution < 1.29 is 14.9 Å². The summed E-state index contributed by atoms with van der Waals surface area (Å²) in [5.41, 5.74) is 10.1. The molecule has 0 aliphatic heterocycles. The number of amides is 2. The number of rotatable bonds is 9. The molecule has 4 aromatic carbocycles. The number of benzene rings is 4. The van der Waals surface area contributed by atoms with E-state index in [1.807, 2.05) is 12.2 Å². The van der Waals surface area contributed by atoms with E-state index in [1.165, 1.54) is 26.8 Å². The molecule has 2 amide bonds. The van der Waals surface area contributed by atoms with Gasteiger partial charge in [-0.1, -0.05) is 142 Å². The maximum absolute atomic E-state index is 12.0. The molecule has 4 aromatic rings. The van der Waals surface area contributed by atoms with E-state index < -0.39 is 11.6 Å². The second-order valence-corrected chi connectivity index (χ2v) is 11.3. The van der Waals surface area contributed by atoms with Crippen LogP contribution in [0.25, 0.3) is 0 Å². The molecule has 0 heterocycles. The lowest BCUT2D eigenvalue weighted by Crippen LogP contribution is -2.85. The minimum Gasteiger partial charge on any atom is -0.345 e. The van der Waals surface area contributed by atoms with E-state index in [0.29, 0.717) is 6.54 Å². The molecule has 0 fully saturated rings. The van der Waals surface area contributed by atoms with Gasteiger partial charge in [0.15, 0.2) is 0 Å². The zero-order valence-corrected chi connectivity index (χ0v) is 24.9. The van der Waals surface area contributed by atoms with E-state index in [0.717, 1.165) is 13.1 Å². The van der Waals surface area contributed by atoms with Crippen LogP contribution in [0.4, 0.5) is 0 Å². The van der Waals surface area contributed by atoms with Gasteiger partial charge in [0.1, 0.15) is 6.15 Å². The van der Waals surface area contributed by atoms with Gasteiger partial charge in [-0.25, -0.2) is 0 Å². The normalized spacial score (nSPS) is 11.2. The number of likely N-dealkylation sites (N-methyl/N-ethyl adjacent to an activating group) is 1. The van der Waals surface area contributed by atoms with E-state index in [-0.39, 0.29) is 18.4 Å². The van der Waals surface area contributed by atoms with Gasteiger partial charge in [0.25, 0.3) is 0 Å². The average Bonchev–Trinajstić information content (AvgIpc) is 3.01. The van der Waals surface area contributed by atoms with Crippen LogP contribution in [-0.2, 0) is 9.59 Å². The number of carbonyl (C=O) groups is 2. The molecule has 0 bridgehead atoms. The first kappa shape index (κ1) is 31.5. The van der Waals surface area contributed by atoms with Crippen molar-refractivity contribution in [2.75, 3.05) is 26.2 Å². The molecule has 4 rings (SSSR count). The molecule has 0 radical (unpaired) electrons. The number of nitrogens with two attached hydrogens (primary N) is 2. The van der Waals surface area contributed by atoms with Gasteiger partial charge in [-0.15, -0.1) is 0 Å². The fourth-order valence-corrected chi connectivity index (χ4v) is 5.40. The summed E-state index contributed by atoms with van der Waals surface area (Å²) in [6, 6.07) is 43.5. The van der Waals surface area contributed by atoms with Crippen LogP contribution in [-0.4, -0.2) is 49.0 Å². The predicted molar refractivity (Wildman–Crippen MR) is 173 cm³/mol. The van der Waals surface area contributed by atoms with Crippen molar-refractivity contribution in [3.05, 3.63) is 121 Å². The Kier molecular flexibility index (Phi) is 11.6. The molecule has 0 aromatic heterocycles. The number of hydrogen-bond donors (Lipinski definition) is 2. The number of carbonyl (C=O) groups excluding carboxylic acids is 2. The first-order chi connectivity index (χ1) is 19.8. The monoisotopic (exact) mass is 549 g/mol. The SMILES string of the molecule is CC[NH2+]CCN(C(=O)CN)C(=O)C(C)(C)C.c1ccc([B-](c2ccccc2)(c2ccccc2)c2ccccc2)cc1. The van der Waals surface area contributed by atoms with Crippen molar-refractivity contribution in [1.82, 2.24) is 4.90 Å². The standard InChI is InChI=1S/C24H20B.C11H23N3O2/c1-5-13-21(14-6-1)25(22-15-7-2-8-16-22,23-17-9-3-10-18-23)24-19-11-4-12-20-24;1-5-13-6-7-14(9(15)8-12)10(16)11(2,3)4/h1-20H;13H,5-8,12H2,1-4H3/q-1;/p+1. The van der Waals surface area contributed by atoms with Crippen LogP contribution >= 0.6 is 0 Å². The van der Waals surface area contributed by atoms with Crippen molar-refractivity contribution in [2.24, 2.45) is 11.1 Å². The smallest absolute Gasteiger partial charge is 0.243 e. The fraction of sp³-hybridized carbons (Fsp3) is 0.257.